The Morgan fingerprint density at radius 1 is 1.21 bits per heavy atom. The van der Waals surface area contributed by atoms with Gasteiger partial charge in [-0.15, -0.1) is 11.3 Å². The van der Waals surface area contributed by atoms with Crippen LogP contribution >= 0.6 is 22.9 Å². The number of anilines is 1. The van der Waals surface area contributed by atoms with Crippen molar-refractivity contribution in [3.05, 3.63) is 69.9 Å². The zero-order chi connectivity index (χ0) is 16.5. The molecule has 2 aromatic heterocycles. The number of thiazole rings is 1. The van der Waals surface area contributed by atoms with Crippen LogP contribution in [0.1, 0.15) is 21.5 Å². The molecule has 24 heavy (non-hydrogen) atoms. The number of aromatic nitrogens is 2. The van der Waals surface area contributed by atoms with E-state index in [1.807, 2.05) is 23.6 Å². The first-order valence-electron chi connectivity index (χ1n) is 7.23. The second-order valence-electron chi connectivity index (χ2n) is 5.21. The average molecular weight is 355 g/mol. The first kappa shape index (κ1) is 15.0. The highest BCUT2D eigenvalue weighted by molar-refractivity contribution is 7.13. The van der Waals surface area contributed by atoms with Gasteiger partial charge in [0.25, 0.3) is 5.91 Å². The minimum absolute atomic E-state index is 0.207. The molecule has 0 aliphatic carbocycles. The Hall–Kier alpha value is -2.57. The Bertz CT molecular complexity index is 936. The van der Waals surface area contributed by atoms with Crippen molar-refractivity contribution in [2.45, 2.75) is 6.42 Å². The van der Waals surface area contributed by atoms with Crippen molar-refractivity contribution in [2.75, 3.05) is 5.32 Å². The van der Waals surface area contributed by atoms with E-state index in [0.29, 0.717) is 28.0 Å². The molecule has 0 saturated heterocycles. The van der Waals surface area contributed by atoms with Crippen LogP contribution in [0.3, 0.4) is 0 Å². The number of para-hydroxylation sites is 1. The molecule has 1 N–H and O–H groups in total. The molecule has 0 unspecified atom stereocenters. The number of nitrogens with one attached hydrogen (secondary N) is 1. The van der Waals surface area contributed by atoms with Gasteiger partial charge in [-0.25, -0.2) is 9.97 Å². The van der Waals surface area contributed by atoms with Crippen LogP contribution in [0.5, 0.6) is 0 Å². The topological polar surface area (TPSA) is 67.2 Å². The van der Waals surface area contributed by atoms with Crippen molar-refractivity contribution in [1.82, 2.24) is 9.97 Å². The summed E-state index contributed by atoms with van der Waals surface area (Å²) in [6.07, 6.45) is 4.01. The van der Waals surface area contributed by atoms with Gasteiger partial charge in [-0.3, -0.25) is 15.1 Å². The van der Waals surface area contributed by atoms with Gasteiger partial charge in [-0.05, 0) is 23.8 Å². The van der Waals surface area contributed by atoms with Crippen LogP contribution < -0.4 is 5.32 Å². The summed E-state index contributed by atoms with van der Waals surface area (Å²) in [5, 5.41) is 5.63. The zero-order valence-electron chi connectivity index (χ0n) is 12.4. The van der Waals surface area contributed by atoms with E-state index in [0.717, 1.165) is 16.8 Å². The molecule has 1 aliphatic heterocycles. The molecule has 1 aliphatic rings. The van der Waals surface area contributed by atoms with E-state index in [4.69, 9.17) is 11.6 Å². The molecular weight excluding hydrogens is 344 g/mol. The summed E-state index contributed by atoms with van der Waals surface area (Å²) in [5.41, 5.74) is 4.05. The second kappa shape index (κ2) is 6.14. The van der Waals surface area contributed by atoms with Gasteiger partial charge in [0.1, 0.15) is 5.15 Å². The number of benzene rings is 1. The largest absolute Gasteiger partial charge is 0.298 e. The molecule has 0 saturated carbocycles. The zero-order valence-corrected chi connectivity index (χ0v) is 13.9. The summed E-state index contributed by atoms with van der Waals surface area (Å²) >= 11 is 7.21. The van der Waals surface area contributed by atoms with Crippen LogP contribution in [0.4, 0.5) is 10.8 Å². The van der Waals surface area contributed by atoms with Gasteiger partial charge >= 0.3 is 0 Å². The summed E-state index contributed by atoms with van der Waals surface area (Å²) in [5.74, 6) is -0.207. The summed E-state index contributed by atoms with van der Waals surface area (Å²) in [6, 6.07) is 9.24. The number of halogens is 1. The molecule has 0 spiro atoms. The SMILES string of the molecule is O=C(Nc1nccs1)c1cccc2c1N=C(c1ccc(Cl)nc1)C2. The maximum absolute atomic E-state index is 12.5. The molecule has 7 heteroatoms. The lowest BCUT2D eigenvalue weighted by Crippen LogP contribution is -2.11. The van der Waals surface area contributed by atoms with Crippen molar-refractivity contribution in [1.29, 1.82) is 0 Å². The summed E-state index contributed by atoms with van der Waals surface area (Å²) in [6.45, 7) is 0. The monoisotopic (exact) mass is 354 g/mol. The van der Waals surface area contributed by atoms with Crippen molar-refractivity contribution in [2.24, 2.45) is 4.99 Å². The van der Waals surface area contributed by atoms with Crippen molar-refractivity contribution in [3.63, 3.8) is 0 Å². The lowest BCUT2D eigenvalue weighted by Gasteiger charge is -2.05. The van der Waals surface area contributed by atoms with Gasteiger partial charge in [0, 0.05) is 29.8 Å². The minimum atomic E-state index is -0.207. The number of carbonyl (C=O) groups is 1. The number of fused-ring (bicyclic) bond motifs is 1. The highest BCUT2D eigenvalue weighted by Gasteiger charge is 2.22. The molecule has 0 fully saturated rings. The maximum Gasteiger partial charge on any atom is 0.259 e. The molecule has 3 heterocycles. The van der Waals surface area contributed by atoms with Gasteiger partial charge < -0.3 is 0 Å². The fraction of sp³-hybridized carbons (Fsp3) is 0.0588. The quantitative estimate of drug-likeness (QED) is 0.719. The van der Waals surface area contributed by atoms with Crippen LogP contribution in [0.25, 0.3) is 0 Å². The first-order chi connectivity index (χ1) is 11.7. The van der Waals surface area contributed by atoms with Gasteiger partial charge in [0.15, 0.2) is 5.13 Å². The molecule has 5 nitrogen and oxygen atoms in total. The Balaban J connectivity index is 1.67. The van der Waals surface area contributed by atoms with E-state index in [-0.39, 0.29) is 5.91 Å². The molecule has 1 aromatic carbocycles. The number of hydrogen-bond acceptors (Lipinski definition) is 5. The van der Waals surface area contributed by atoms with E-state index < -0.39 is 0 Å². The summed E-state index contributed by atoms with van der Waals surface area (Å²) in [7, 11) is 0. The lowest BCUT2D eigenvalue weighted by atomic mass is 10.0. The van der Waals surface area contributed by atoms with Gasteiger partial charge in [-0.1, -0.05) is 23.7 Å². The van der Waals surface area contributed by atoms with Gasteiger partial charge in [0.05, 0.1) is 17.0 Å². The van der Waals surface area contributed by atoms with Crippen molar-refractivity contribution < 1.29 is 4.79 Å². The molecule has 0 radical (unpaired) electrons. The third-order valence-electron chi connectivity index (χ3n) is 3.68. The third kappa shape index (κ3) is 2.81. The van der Waals surface area contributed by atoms with Crippen molar-refractivity contribution in [3.8, 4) is 0 Å². The Morgan fingerprint density at radius 3 is 2.88 bits per heavy atom. The normalized spacial score (nSPS) is 12.6. The molecule has 4 rings (SSSR count). The van der Waals surface area contributed by atoms with Crippen molar-refractivity contribution >= 4 is 45.4 Å². The van der Waals surface area contributed by atoms with E-state index >= 15 is 0 Å². The predicted molar refractivity (Wildman–Crippen MR) is 95.7 cm³/mol. The molecule has 0 atom stereocenters. The highest BCUT2D eigenvalue weighted by atomic mass is 35.5. The number of pyridine rings is 1. The highest BCUT2D eigenvalue weighted by Crippen LogP contribution is 2.33. The fourth-order valence-corrected chi connectivity index (χ4v) is 3.20. The van der Waals surface area contributed by atoms with Crippen LogP contribution in [0.15, 0.2) is 53.1 Å². The lowest BCUT2D eigenvalue weighted by molar-refractivity contribution is 0.102. The van der Waals surface area contributed by atoms with Crippen LogP contribution in [0.2, 0.25) is 5.15 Å². The Labute approximate surface area is 147 Å². The number of hydrogen-bond donors (Lipinski definition) is 1. The minimum Gasteiger partial charge on any atom is -0.298 e. The molecule has 0 bridgehead atoms. The molecule has 3 aromatic rings. The maximum atomic E-state index is 12.5. The van der Waals surface area contributed by atoms with E-state index in [2.05, 4.69) is 20.3 Å². The third-order valence-corrected chi connectivity index (χ3v) is 4.59. The molecular formula is C17H11ClN4OS. The smallest absolute Gasteiger partial charge is 0.259 e. The van der Waals surface area contributed by atoms with E-state index in [1.165, 1.54) is 11.3 Å². The number of nitrogens with zero attached hydrogens (tertiary/aromatic N) is 3. The number of aliphatic imine (C=N–C) groups is 1. The standard InChI is InChI=1S/C17H11ClN4OS/c18-14-5-4-11(9-20-14)13-8-10-2-1-3-12(15(10)21-13)16(23)22-17-19-6-7-24-17/h1-7,9H,8H2,(H,19,22,23). The molecule has 1 amide bonds. The predicted octanol–water partition coefficient (Wildman–Crippen LogP) is 4.12. The van der Waals surface area contributed by atoms with Gasteiger partial charge in [0.2, 0.25) is 0 Å². The first-order valence-corrected chi connectivity index (χ1v) is 8.49. The Kier molecular flexibility index (Phi) is 3.84. The van der Waals surface area contributed by atoms with E-state index in [1.54, 1.807) is 24.5 Å². The second-order valence-corrected chi connectivity index (χ2v) is 6.49. The van der Waals surface area contributed by atoms with Crippen LogP contribution in [-0.2, 0) is 6.42 Å². The Morgan fingerprint density at radius 2 is 2.12 bits per heavy atom. The van der Waals surface area contributed by atoms with E-state index in [9.17, 15) is 4.79 Å². The number of amides is 1. The average Bonchev–Trinajstić information content (AvgIpc) is 3.24. The molecule has 118 valence electrons. The fourth-order valence-electron chi connectivity index (χ4n) is 2.57. The van der Waals surface area contributed by atoms with Crippen LogP contribution in [-0.4, -0.2) is 21.6 Å². The summed E-state index contributed by atoms with van der Waals surface area (Å²) < 4.78 is 0. The number of rotatable bonds is 3. The van der Waals surface area contributed by atoms with Crippen LogP contribution in [0, 0.1) is 0 Å². The number of carbonyl (C=O) groups excluding carboxylic acids is 1. The summed E-state index contributed by atoms with van der Waals surface area (Å²) in [4.78, 5) is 25.3. The van der Waals surface area contributed by atoms with Gasteiger partial charge in [-0.2, -0.15) is 0 Å².